The second kappa shape index (κ2) is 7.51. The van der Waals surface area contributed by atoms with Gasteiger partial charge in [-0.2, -0.15) is 0 Å². The Bertz CT molecular complexity index is 1030. The lowest BCUT2D eigenvalue weighted by Crippen LogP contribution is -2.45. The van der Waals surface area contributed by atoms with E-state index in [1.54, 1.807) is 20.0 Å². The Morgan fingerprint density at radius 1 is 1.14 bits per heavy atom. The quantitative estimate of drug-likeness (QED) is 0.662. The Labute approximate surface area is 159 Å². The van der Waals surface area contributed by atoms with Gasteiger partial charge in [0.2, 0.25) is 0 Å². The van der Waals surface area contributed by atoms with Crippen LogP contribution in [0, 0.1) is 5.82 Å². The molecule has 9 nitrogen and oxygen atoms in total. The van der Waals surface area contributed by atoms with Gasteiger partial charge < -0.3 is 10.4 Å². The van der Waals surface area contributed by atoms with Crippen LogP contribution < -0.4 is 5.32 Å². The average molecular weight is 384 g/mol. The summed E-state index contributed by atoms with van der Waals surface area (Å²) >= 11 is 0. The normalized spacial score (nSPS) is 11.2. The molecule has 0 aliphatic heterocycles. The van der Waals surface area contributed by atoms with Gasteiger partial charge in [0.15, 0.2) is 0 Å². The summed E-state index contributed by atoms with van der Waals surface area (Å²) in [4.78, 5) is 30.9. The van der Waals surface area contributed by atoms with Gasteiger partial charge in [0.05, 0.1) is 41.1 Å². The maximum Gasteiger partial charge on any atom is 0.337 e. The predicted molar refractivity (Wildman–Crippen MR) is 95.6 cm³/mol. The summed E-state index contributed by atoms with van der Waals surface area (Å²) in [5.41, 5.74) is 0.472. The fourth-order valence-corrected chi connectivity index (χ4v) is 2.59. The molecule has 3 aromatic rings. The average Bonchev–Trinajstić information content (AvgIpc) is 3.09. The molecule has 0 aromatic carbocycles. The topological polar surface area (TPSA) is 123 Å². The first kappa shape index (κ1) is 19.1. The predicted octanol–water partition coefficient (Wildman–Crippen LogP) is 1.65. The van der Waals surface area contributed by atoms with E-state index in [-0.39, 0.29) is 11.1 Å². The van der Waals surface area contributed by atoms with Gasteiger partial charge in [-0.05, 0) is 26.0 Å². The lowest BCUT2D eigenvalue weighted by Gasteiger charge is -2.25. The Morgan fingerprint density at radius 3 is 2.57 bits per heavy atom. The van der Waals surface area contributed by atoms with Gasteiger partial charge in [-0.3, -0.25) is 14.8 Å². The lowest BCUT2D eigenvalue weighted by molar-refractivity contribution is 0.0696. The lowest BCUT2D eigenvalue weighted by atomic mass is 9.98. The molecule has 0 bridgehead atoms. The number of nitrogens with one attached hydrogen (secondary N) is 1. The van der Waals surface area contributed by atoms with Gasteiger partial charge in [-0.15, -0.1) is 5.10 Å². The maximum atomic E-state index is 13.2. The van der Waals surface area contributed by atoms with E-state index < -0.39 is 23.2 Å². The monoisotopic (exact) mass is 384 g/mol. The number of aromatic nitrogens is 5. The number of amides is 1. The zero-order valence-corrected chi connectivity index (χ0v) is 15.1. The highest BCUT2D eigenvalue weighted by molar-refractivity contribution is 5.94. The van der Waals surface area contributed by atoms with Crippen LogP contribution >= 0.6 is 0 Å². The first-order valence-electron chi connectivity index (χ1n) is 8.26. The van der Waals surface area contributed by atoms with Crippen molar-refractivity contribution in [2.24, 2.45) is 0 Å². The number of hydrogen-bond acceptors (Lipinski definition) is 6. The largest absolute Gasteiger partial charge is 0.478 e. The molecule has 0 atom stereocenters. The number of carbonyl (C=O) groups excluding carboxylic acids is 1. The summed E-state index contributed by atoms with van der Waals surface area (Å²) in [5, 5.41) is 19.9. The number of carbonyl (C=O) groups is 2. The molecule has 3 heterocycles. The molecule has 0 aliphatic carbocycles. The Balaban J connectivity index is 1.72. The zero-order chi connectivity index (χ0) is 20.3. The van der Waals surface area contributed by atoms with Crippen LogP contribution in [0.5, 0.6) is 0 Å². The summed E-state index contributed by atoms with van der Waals surface area (Å²) in [6.07, 6.45) is 6.98. The molecule has 10 heteroatoms. The first-order valence-corrected chi connectivity index (χ1v) is 8.26. The molecule has 3 rings (SSSR count). The van der Waals surface area contributed by atoms with Crippen LogP contribution in [-0.2, 0) is 6.42 Å². The molecule has 0 unspecified atom stereocenters. The third-order valence-corrected chi connectivity index (χ3v) is 3.82. The van der Waals surface area contributed by atoms with E-state index in [9.17, 15) is 14.0 Å². The van der Waals surface area contributed by atoms with Crippen molar-refractivity contribution in [3.63, 3.8) is 0 Å². The van der Waals surface area contributed by atoms with E-state index in [2.05, 4.69) is 25.6 Å². The van der Waals surface area contributed by atoms with E-state index in [1.165, 1.54) is 29.3 Å². The number of carboxylic acids is 1. The van der Waals surface area contributed by atoms with E-state index in [1.807, 2.05) is 0 Å². The number of nitrogens with zero attached hydrogens (tertiary/aromatic N) is 5. The number of carboxylic acid groups (broad SMARTS) is 1. The molecule has 2 N–H and O–H groups in total. The van der Waals surface area contributed by atoms with Crippen molar-refractivity contribution >= 4 is 11.9 Å². The highest BCUT2D eigenvalue weighted by Gasteiger charge is 2.24. The minimum Gasteiger partial charge on any atom is -0.478 e. The maximum absolute atomic E-state index is 13.2. The molecule has 144 valence electrons. The summed E-state index contributed by atoms with van der Waals surface area (Å²) in [6, 6.07) is 2.54. The third kappa shape index (κ3) is 4.53. The van der Waals surface area contributed by atoms with Crippen LogP contribution in [0.25, 0.3) is 5.69 Å². The smallest absolute Gasteiger partial charge is 0.337 e. The second-order valence-corrected chi connectivity index (χ2v) is 6.80. The van der Waals surface area contributed by atoms with E-state index in [4.69, 9.17) is 5.11 Å². The van der Waals surface area contributed by atoms with Gasteiger partial charge in [0.1, 0.15) is 5.82 Å². The van der Waals surface area contributed by atoms with Gasteiger partial charge in [0.25, 0.3) is 5.91 Å². The van der Waals surface area contributed by atoms with E-state index in [0.29, 0.717) is 17.8 Å². The highest BCUT2D eigenvalue weighted by Crippen LogP contribution is 2.14. The molecule has 3 aromatic heterocycles. The summed E-state index contributed by atoms with van der Waals surface area (Å²) in [5.74, 6) is -2.14. The van der Waals surface area contributed by atoms with E-state index in [0.717, 1.165) is 12.3 Å². The van der Waals surface area contributed by atoms with E-state index >= 15 is 0 Å². The molecule has 0 radical (unpaired) electrons. The molecule has 0 spiro atoms. The van der Waals surface area contributed by atoms with Crippen molar-refractivity contribution in [1.82, 2.24) is 30.3 Å². The Morgan fingerprint density at radius 2 is 1.86 bits per heavy atom. The number of halogens is 1. The molecule has 1 amide bonds. The standard InChI is InChI=1S/C18H17FN6O3/c1-18(2,22-16(26)11-3-13(19)8-20-6-11)5-14-10-25(24-23-14)15-4-12(17(27)28)7-21-9-15/h3-4,6-10H,5H2,1-2H3,(H,22,26)(H,27,28). The third-order valence-electron chi connectivity index (χ3n) is 3.82. The summed E-state index contributed by atoms with van der Waals surface area (Å²) in [6.45, 7) is 3.59. The second-order valence-electron chi connectivity index (χ2n) is 6.80. The van der Waals surface area contributed by atoms with Gasteiger partial charge >= 0.3 is 5.97 Å². The van der Waals surface area contributed by atoms with Crippen molar-refractivity contribution in [3.05, 3.63) is 65.8 Å². The zero-order valence-electron chi connectivity index (χ0n) is 15.1. The Hall–Kier alpha value is -3.69. The van der Waals surface area contributed by atoms with Gasteiger partial charge in [-0.1, -0.05) is 5.21 Å². The van der Waals surface area contributed by atoms with Crippen molar-refractivity contribution in [3.8, 4) is 5.69 Å². The molecule has 28 heavy (non-hydrogen) atoms. The molecule has 0 saturated carbocycles. The van der Waals surface area contributed by atoms with Crippen LogP contribution in [0.1, 0.15) is 40.3 Å². The van der Waals surface area contributed by atoms with Crippen LogP contribution in [0.15, 0.2) is 43.1 Å². The van der Waals surface area contributed by atoms with Crippen molar-refractivity contribution in [1.29, 1.82) is 0 Å². The molecule has 0 saturated heterocycles. The summed E-state index contributed by atoms with van der Waals surface area (Å²) < 4.78 is 14.7. The van der Waals surface area contributed by atoms with Crippen molar-refractivity contribution in [2.45, 2.75) is 25.8 Å². The fraction of sp³-hybridized carbons (Fsp3) is 0.222. The van der Waals surface area contributed by atoms with Gasteiger partial charge in [0, 0.05) is 24.4 Å². The van der Waals surface area contributed by atoms with Gasteiger partial charge in [-0.25, -0.2) is 13.9 Å². The minimum atomic E-state index is -1.09. The number of aromatic carboxylic acids is 1. The highest BCUT2D eigenvalue weighted by atomic mass is 19.1. The van der Waals surface area contributed by atoms with Crippen LogP contribution in [0.4, 0.5) is 4.39 Å². The number of pyridine rings is 2. The van der Waals surface area contributed by atoms with Crippen LogP contribution in [0.2, 0.25) is 0 Å². The molecular weight excluding hydrogens is 367 g/mol. The first-order chi connectivity index (χ1) is 13.2. The number of rotatable bonds is 6. The molecular formula is C18H17FN6O3. The van der Waals surface area contributed by atoms with Crippen molar-refractivity contribution < 1.29 is 19.1 Å². The minimum absolute atomic E-state index is 0.0332. The van der Waals surface area contributed by atoms with Crippen LogP contribution in [-0.4, -0.2) is 47.5 Å². The van der Waals surface area contributed by atoms with Crippen LogP contribution in [0.3, 0.4) is 0 Å². The Kier molecular flexibility index (Phi) is 5.12. The molecule has 0 aliphatic rings. The van der Waals surface area contributed by atoms with Crippen molar-refractivity contribution in [2.75, 3.05) is 0 Å². The number of hydrogen-bond donors (Lipinski definition) is 2. The summed E-state index contributed by atoms with van der Waals surface area (Å²) in [7, 11) is 0. The SMILES string of the molecule is CC(C)(Cc1cn(-c2cncc(C(=O)O)c2)nn1)NC(=O)c1cncc(F)c1. The fourth-order valence-electron chi connectivity index (χ4n) is 2.59. The molecule has 0 fully saturated rings.